The molecule has 0 spiro atoms. The molecule has 0 saturated carbocycles. The van der Waals surface area contributed by atoms with Gasteiger partial charge >= 0.3 is 12.1 Å². The third-order valence-electron chi connectivity index (χ3n) is 4.16. The Morgan fingerprint density at radius 1 is 1.28 bits per heavy atom. The number of carboxylic acids is 1. The first-order chi connectivity index (χ1) is 11.7. The smallest absolute Gasteiger partial charge is 0.408 e. The minimum atomic E-state index is -0.919. The van der Waals surface area contributed by atoms with Crippen LogP contribution in [0.1, 0.15) is 45.6 Å². The predicted molar refractivity (Wildman–Crippen MR) is 95.3 cm³/mol. The first-order valence-corrected chi connectivity index (χ1v) is 8.67. The van der Waals surface area contributed by atoms with Crippen molar-refractivity contribution in [1.29, 1.82) is 0 Å². The van der Waals surface area contributed by atoms with Gasteiger partial charge in [-0.3, -0.25) is 9.69 Å². The van der Waals surface area contributed by atoms with Crippen molar-refractivity contribution in [2.24, 2.45) is 0 Å². The standard InChI is InChI=1S/C19H28N2O4/c1-18(2,3)25-17(24)20-19(12-16(22)23)10-7-11-21(14-19)13-15-8-5-4-6-9-15/h4-6,8-9H,7,10-14H2,1-3H3,(H,20,24)(H,22,23). The maximum atomic E-state index is 12.2. The number of carbonyl (C=O) groups is 2. The first-order valence-electron chi connectivity index (χ1n) is 8.67. The van der Waals surface area contributed by atoms with E-state index in [-0.39, 0.29) is 6.42 Å². The van der Waals surface area contributed by atoms with Crippen LogP contribution in [0, 0.1) is 0 Å². The minimum absolute atomic E-state index is 0.114. The molecule has 1 fully saturated rings. The fraction of sp³-hybridized carbons (Fsp3) is 0.579. The second-order valence-corrected chi connectivity index (χ2v) is 7.78. The summed E-state index contributed by atoms with van der Waals surface area (Å²) in [6.45, 7) is 7.48. The van der Waals surface area contributed by atoms with Crippen LogP contribution in [0.4, 0.5) is 4.79 Å². The van der Waals surface area contributed by atoms with Gasteiger partial charge in [0, 0.05) is 13.1 Å². The highest BCUT2D eigenvalue weighted by Crippen LogP contribution is 2.26. The van der Waals surface area contributed by atoms with Crippen LogP contribution in [-0.4, -0.2) is 46.3 Å². The Morgan fingerprint density at radius 2 is 1.96 bits per heavy atom. The summed E-state index contributed by atoms with van der Waals surface area (Å²) in [7, 11) is 0. The van der Waals surface area contributed by atoms with E-state index in [0.717, 1.165) is 19.5 Å². The quantitative estimate of drug-likeness (QED) is 0.855. The molecule has 1 heterocycles. The van der Waals surface area contributed by atoms with Crippen LogP contribution < -0.4 is 5.32 Å². The number of hydrogen-bond donors (Lipinski definition) is 2. The topological polar surface area (TPSA) is 78.9 Å². The number of ether oxygens (including phenoxy) is 1. The second kappa shape index (κ2) is 7.87. The zero-order chi connectivity index (χ0) is 18.5. The maximum Gasteiger partial charge on any atom is 0.408 e. The Morgan fingerprint density at radius 3 is 2.56 bits per heavy atom. The molecule has 1 amide bonds. The molecule has 1 aromatic carbocycles. The van der Waals surface area contributed by atoms with Crippen LogP contribution in [0.5, 0.6) is 0 Å². The summed E-state index contributed by atoms with van der Waals surface area (Å²) < 4.78 is 5.34. The van der Waals surface area contributed by atoms with Crippen LogP contribution >= 0.6 is 0 Å². The molecule has 0 aliphatic carbocycles. The van der Waals surface area contributed by atoms with Crippen LogP contribution in [-0.2, 0) is 16.1 Å². The fourth-order valence-electron chi connectivity index (χ4n) is 3.30. The van der Waals surface area contributed by atoms with E-state index >= 15 is 0 Å². The van der Waals surface area contributed by atoms with Crippen LogP contribution in [0.3, 0.4) is 0 Å². The molecule has 2 N–H and O–H groups in total. The number of hydrogen-bond acceptors (Lipinski definition) is 4. The summed E-state index contributed by atoms with van der Waals surface area (Å²) in [5, 5.41) is 12.2. The Balaban J connectivity index is 2.09. The summed E-state index contributed by atoms with van der Waals surface area (Å²) in [5.41, 5.74) is -0.250. The minimum Gasteiger partial charge on any atom is -0.481 e. The molecule has 1 saturated heterocycles. The van der Waals surface area contributed by atoms with E-state index in [1.54, 1.807) is 20.8 Å². The van der Waals surface area contributed by atoms with E-state index in [9.17, 15) is 14.7 Å². The highest BCUT2D eigenvalue weighted by Gasteiger charge is 2.39. The van der Waals surface area contributed by atoms with Gasteiger partial charge in [0.05, 0.1) is 12.0 Å². The Bertz CT molecular complexity index is 597. The van der Waals surface area contributed by atoms with E-state index in [4.69, 9.17) is 4.74 Å². The molecule has 0 bridgehead atoms. The molecular formula is C19H28N2O4. The van der Waals surface area contributed by atoms with E-state index in [1.807, 2.05) is 18.2 Å². The summed E-state index contributed by atoms with van der Waals surface area (Å²) in [6.07, 6.45) is 0.785. The van der Waals surface area contributed by atoms with Crippen molar-refractivity contribution in [3.05, 3.63) is 35.9 Å². The van der Waals surface area contributed by atoms with Gasteiger partial charge < -0.3 is 15.2 Å². The highest BCUT2D eigenvalue weighted by molar-refractivity contribution is 5.73. The zero-order valence-corrected chi connectivity index (χ0v) is 15.2. The molecule has 0 radical (unpaired) electrons. The number of benzene rings is 1. The lowest BCUT2D eigenvalue weighted by atomic mass is 9.85. The molecule has 1 aliphatic rings. The molecule has 25 heavy (non-hydrogen) atoms. The molecule has 138 valence electrons. The fourth-order valence-corrected chi connectivity index (χ4v) is 3.30. The Hall–Kier alpha value is -2.08. The number of nitrogens with zero attached hydrogens (tertiary/aromatic N) is 1. The normalized spacial score (nSPS) is 21.6. The molecule has 1 aromatic rings. The van der Waals surface area contributed by atoms with Gasteiger partial charge in [0.1, 0.15) is 5.60 Å². The summed E-state index contributed by atoms with van der Waals surface area (Å²) >= 11 is 0. The number of nitrogens with one attached hydrogen (secondary N) is 1. The van der Waals surface area contributed by atoms with Crippen molar-refractivity contribution in [2.75, 3.05) is 13.1 Å². The van der Waals surface area contributed by atoms with Gasteiger partial charge in [0.2, 0.25) is 0 Å². The molecule has 1 atom stereocenters. The van der Waals surface area contributed by atoms with Crippen LogP contribution in [0.25, 0.3) is 0 Å². The van der Waals surface area contributed by atoms with Gasteiger partial charge in [0.25, 0.3) is 0 Å². The van der Waals surface area contributed by atoms with Crippen molar-refractivity contribution >= 4 is 12.1 Å². The number of rotatable bonds is 5. The number of likely N-dealkylation sites (tertiary alicyclic amines) is 1. The average molecular weight is 348 g/mol. The third-order valence-corrected chi connectivity index (χ3v) is 4.16. The van der Waals surface area contributed by atoms with Crippen molar-refractivity contribution in [1.82, 2.24) is 10.2 Å². The monoisotopic (exact) mass is 348 g/mol. The lowest BCUT2D eigenvalue weighted by Gasteiger charge is -2.42. The molecular weight excluding hydrogens is 320 g/mol. The van der Waals surface area contributed by atoms with E-state index in [0.29, 0.717) is 13.0 Å². The van der Waals surface area contributed by atoms with Crippen LogP contribution in [0.15, 0.2) is 30.3 Å². The van der Waals surface area contributed by atoms with Gasteiger partial charge in [-0.05, 0) is 45.7 Å². The highest BCUT2D eigenvalue weighted by atomic mass is 16.6. The van der Waals surface area contributed by atoms with Crippen molar-refractivity contribution in [3.8, 4) is 0 Å². The van der Waals surface area contributed by atoms with Gasteiger partial charge in [-0.1, -0.05) is 30.3 Å². The third kappa shape index (κ3) is 6.38. The predicted octanol–water partition coefficient (Wildman–Crippen LogP) is 3.02. The van der Waals surface area contributed by atoms with Crippen molar-refractivity contribution in [3.63, 3.8) is 0 Å². The Kier molecular flexibility index (Phi) is 6.06. The molecule has 6 heteroatoms. The van der Waals surface area contributed by atoms with Crippen molar-refractivity contribution in [2.45, 2.75) is 57.7 Å². The van der Waals surface area contributed by atoms with Crippen LogP contribution in [0.2, 0.25) is 0 Å². The summed E-state index contributed by atoms with van der Waals surface area (Å²) in [5.74, 6) is -0.919. The lowest BCUT2D eigenvalue weighted by Crippen LogP contribution is -2.60. The Labute approximate surface area is 149 Å². The number of aliphatic carboxylic acids is 1. The number of carbonyl (C=O) groups excluding carboxylic acids is 1. The van der Waals surface area contributed by atoms with E-state index in [1.165, 1.54) is 5.56 Å². The SMILES string of the molecule is CC(C)(C)OC(=O)NC1(CC(=O)O)CCCN(Cc2ccccc2)C1. The second-order valence-electron chi connectivity index (χ2n) is 7.78. The molecule has 1 unspecified atom stereocenters. The average Bonchev–Trinajstić information content (AvgIpc) is 2.45. The number of alkyl carbamates (subject to hydrolysis) is 1. The lowest BCUT2D eigenvalue weighted by molar-refractivity contribution is -0.139. The van der Waals surface area contributed by atoms with Crippen molar-refractivity contribution < 1.29 is 19.4 Å². The maximum absolute atomic E-state index is 12.2. The van der Waals surface area contributed by atoms with Gasteiger partial charge in [-0.15, -0.1) is 0 Å². The summed E-state index contributed by atoms with van der Waals surface area (Å²) in [6, 6.07) is 10.0. The molecule has 6 nitrogen and oxygen atoms in total. The van der Waals surface area contributed by atoms with Gasteiger partial charge in [-0.2, -0.15) is 0 Å². The first kappa shape index (κ1) is 19.2. The summed E-state index contributed by atoms with van der Waals surface area (Å²) in [4.78, 5) is 25.8. The van der Waals surface area contributed by atoms with E-state index in [2.05, 4.69) is 22.3 Å². The number of piperidine rings is 1. The number of carboxylic acid groups (broad SMARTS) is 1. The largest absolute Gasteiger partial charge is 0.481 e. The zero-order valence-electron chi connectivity index (χ0n) is 15.2. The van der Waals surface area contributed by atoms with Gasteiger partial charge in [0.15, 0.2) is 0 Å². The van der Waals surface area contributed by atoms with E-state index < -0.39 is 23.2 Å². The molecule has 0 aromatic heterocycles. The van der Waals surface area contributed by atoms with Gasteiger partial charge in [-0.25, -0.2) is 4.79 Å². The molecule has 2 rings (SSSR count). The number of amides is 1. The molecule has 1 aliphatic heterocycles.